The fraction of sp³-hybridized carbons (Fsp3) is 0.452. The molecule has 0 spiro atoms. The number of hydrogen-bond acceptors (Lipinski definition) is 5. The minimum absolute atomic E-state index is 0.0890. The Hall–Kier alpha value is -3.99. The molecule has 208 valence electrons. The standard InChI is InChI=1S/C31H39N3O5/c1-8-21-11-9-10-12-24(21)26(27(36)33-30(2,3)4)34(22-15-16-22)28(37)25(32-29(38)39-31(5,6)7)19-20-13-17-23(35)18-14-20/h1,9-14,17-18,22,25-26,35H,15-16,19H2,2-7H3,(H,32,38)(H,33,36). The topological polar surface area (TPSA) is 108 Å². The molecule has 0 heterocycles. The number of nitrogens with one attached hydrogen (secondary N) is 2. The van der Waals surface area contributed by atoms with Crippen LogP contribution in [0.25, 0.3) is 0 Å². The number of rotatable bonds is 8. The van der Waals surface area contributed by atoms with Crippen LogP contribution in [0.1, 0.15) is 77.1 Å². The number of carbonyl (C=O) groups excluding carboxylic acids is 3. The van der Waals surface area contributed by atoms with E-state index in [-0.39, 0.29) is 24.1 Å². The molecule has 8 nitrogen and oxygen atoms in total. The molecule has 0 aliphatic heterocycles. The summed E-state index contributed by atoms with van der Waals surface area (Å²) in [5.41, 5.74) is 0.451. The fourth-order valence-electron chi connectivity index (χ4n) is 4.29. The Morgan fingerprint density at radius 3 is 2.21 bits per heavy atom. The monoisotopic (exact) mass is 533 g/mol. The third-order valence-corrected chi connectivity index (χ3v) is 6.00. The quantitative estimate of drug-likeness (QED) is 0.435. The van der Waals surface area contributed by atoms with Gasteiger partial charge in [-0.1, -0.05) is 36.3 Å². The molecule has 2 atom stereocenters. The fourth-order valence-corrected chi connectivity index (χ4v) is 4.29. The molecule has 2 unspecified atom stereocenters. The lowest BCUT2D eigenvalue weighted by molar-refractivity contribution is -0.143. The molecule has 3 amide bonds. The zero-order chi connectivity index (χ0) is 29.0. The minimum atomic E-state index is -1.03. The van der Waals surface area contributed by atoms with Crippen LogP contribution >= 0.6 is 0 Å². The predicted molar refractivity (Wildman–Crippen MR) is 150 cm³/mol. The molecule has 2 aromatic carbocycles. The number of ether oxygens (including phenoxy) is 1. The van der Waals surface area contributed by atoms with E-state index in [0.717, 1.165) is 18.4 Å². The first-order valence-corrected chi connectivity index (χ1v) is 13.2. The zero-order valence-corrected chi connectivity index (χ0v) is 23.6. The summed E-state index contributed by atoms with van der Waals surface area (Å²) in [6, 6.07) is 11.3. The number of aromatic hydroxyl groups is 1. The minimum Gasteiger partial charge on any atom is -0.508 e. The number of hydrogen-bond donors (Lipinski definition) is 3. The summed E-state index contributed by atoms with van der Waals surface area (Å²) in [5.74, 6) is 1.96. The average Bonchev–Trinajstić information content (AvgIpc) is 3.66. The molecule has 1 aliphatic carbocycles. The van der Waals surface area contributed by atoms with Crippen LogP contribution in [0.4, 0.5) is 4.79 Å². The number of phenols is 1. The molecule has 2 aromatic rings. The highest BCUT2D eigenvalue weighted by atomic mass is 16.6. The van der Waals surface area contributed by atoms with Crippen LogP contribution < -0.4 is 10.6 Å². The van der Waals surface area contributed by atoms with E-state index >= 15 is 0 Å². The number of nitrogens with zero attached hydrogens (tertiary/aromatic N) is 1. The SMILES string of the molecule is C#Cc1ccccc1C(C(=O)NC(C)(C)C)N(C(=O)C(Cc1ccc(O)cc1)NC(=O)OC(C)(C)C)C1CC1. The van der Waals surface area contributed by atoms with Crippen LogP contribution in [0.15, 0.2) is 48.5 Å². The van der Waals surface area contributed by atoms with Crippen LogP contribution in [-0.4, -0.2) is 51.1 Å². The van der Waals surface area contributed by atoms with Gasteiger partial charge < -0.3 is 25.4 Å². The van der Waals surface area contributed by atoms with Crippen molar-refractivity contribution in [2.45, 2.75) is 90.1 Å². The zero-order valence-electron chi connectivity index (χ0n) is 23.6. The van der Waals surface area contributed by atoms with Gasteiger partial charge in [0.2, 0.25) is 11.8 Å². The smallest absolute Gasteiger partial charge is 0.408 e. The molecule has 1 saturated carbocycles. The first kappa shape index (κ1) is 29.6. The Kier molecular flexibility index (Phi) is 8.96. The van der Waals surface area contributed by atoms with Gasteiger partial charge in [0.1, 0.15) is 23.4 Å². The molecule has 0 aromatic heterocycles. The first-order chi connectivity index (χ1) is 18.2. The Morgan fingerprint density at radius 2 is 1.67 bits per heavy atom. The average molecular weight is 534 g/mol. The van der Waals surface area contributed by atoms with E-state index in [2.05, 4.69) is 16.6 Å². The highest BCUT2D eigenvalue weighted by molar-refractivity contribution is 5.93. The van der Waals surface area contributed by atoms with E-state index in [1.54, 1.807) is 62.1 Å². The Labute approximate surface area is 231 Å². The van der Waals surface area contributed by atoms with Crippen LogP contribution in [0.5, 0.6) is 5.75 Å². The summed E-state index contributed by atoms with van der Waals surface area (Å²) >= 11 is 0. The van der Waals surface area contributed by atoms with Gasteiger partial charge in [0.15, 0.2) is 0 Å². The second-order valence-corrected chi connectivity index (χ2v) is 11.9. The normalized spacial score (nSPS) is 14.9. The number of amides is 3. The molecule has 1 fully saturated rings. The number of terminal acetylenes is 1. The second kappa shape index (κ2) is 11.8. The Bertz CT molecular complexity index is 1230. The van der Waals surface area contributed by atoms with E-state index in [1.807, 2.05) is 20.8 Å². The van der Waals surface area contributed by atoms with Crippen molar-refractivity contribution in [2.24, 2.45) is 0 Å². The Balaban J connectivity index is 2.07. The number of benzene rings is 2. The van der Waals surface area contributed by atoms with E-state index in [4.69, 9.17) is 11.2 Å². The van der Waals surface area contributed by atoms with E-state index in [9.17, 15) is 19.5 Å². The van der Waals surface area contributed by atoms with Crippen molar-refractivity contribution in [3.8, 4) is 18.1 Å². The predicted octanol–water partition coefficient (Wildman–Crippen LogP) is 4.46. The van der Waals surface area contributed by atoms with Crippen molar-refractivity contribution in [1.82, 2.24) is 15.5 Å². The van der Waals surface area contributed by atoms with Crippen molar-refractivity contribution < 1.29 is 24.2 Å². The van der Waals surface area contributed by atoms with Crippen molar-refractivity contribution >= 4 is 17.9 Å². The first-order valence-electron chi connectivity index (χ1n) is 13.2. The van der Waals surface area contributed by atoms with Crippen LogP contribution in [-0.2, 0) is 20.7 Å². The van der Waals surface area contributed by atoms with Gasteiger partial charge in [0, 0.05) is 23.6 Å². The lowest BCUT2D eigenvalue weighted by atomic mass is 9.95. The maximum atomic E-state index is 14.4. The van der Waals surface area contributed by atoms with Crippen LogP contribution in [0.3, 0.4) is 0 Å². The van der Waals surface area contributed by atoms with Gasteiger partial charge in [-0.25, -0.2) is 4.79 Å². The van der Waals surface area contributed by atoms with Crippen molar-refractivity contribution in [2.75, 3.05) is 0 Å². The van der Waals surface area contributed by atoms with Gasteiger partial charge >= 0.3 is 6.09 Å². The summed E-state index contributed by atoms with van der Waals surface area (Å²) in [6.45, 7) is 10.8. The summed E-state index contributed by atoms with van der Waals surface area (Å²) in [6.07, 6.45) is 6.64. The van der Waals surface area contributed by atoms with E-state index < -0.39 is 35.2 Å². The summed E-state index contributed by atoms with van der Waals surface area (Å²) < 4.78 is 5.46. The molecule has 0 radical (unpaired) electrons. The van der Waals surface area contributed by atoms with Gasteiger partial charge in [-0.3, -0.25) is 9.59 Å². The van der Waals surface area contributed by atoms with Crippen molar-refractivity contribution in [3.05, 3.63) is 65.2 Å². The molecule has 3 rings (SSSR count). The number of phenolic OH excluding ortho intramolecular Hbond substituents is 1. The summed E-state index contributed by atoms with van der Waals surface area (Å²) in [4.78, 5) is 42.6. The second-order valence-electron chi connectivity index (χ2n) is 11.9. The van der Waals surface area contributed by atoms with Gasteiger partial charge in [-0.05, 0) is 83.7 Å². The lowest BCUT2D eigenvalue weighted by Crippen LogP contribution is -2.56. The van der Waals surface area contributed by atoms with Gasteiger partial charge in [-0.15, -0.1) is 6.42 Å². The summed E-state index contributed by atoms with van der Waals surface area (Å²) in [7, 11) is 0. The molecule has 8 heteroatoms. The maximum Gasteiger partial charge on any atom is 0.408 e. The van der Waals surface area contributed by atoms with Gasteiger partial charge in [0.25, 0.3) is 0 Å². The summed E-state index contributed by atoms with van der Waals surface area (Å²) in [5, 5.41) is 15.5. The number of carbonyl (C=O) groups is 3. The lowest BCUT2D eigenvalue weighted by Gasteiger charge is -2.36. The Morgan fingerprint density at radius 1 is 1.05 bits per heavy atom. The van der Waals surface area contributed by atoms with Gasteiger partial charge in [0.05, 0.1) is 0 Å². The van der Waals surface area contributed by atoms with Crippen molar-refractivity contribution in [1.29, 1.82) is 0 Å². The van der Waals surface area contributed by atoms with E-state index in [1.165, 1.54) is 12.1 Å². The van der Waals surface area contributed by atoms with Gasteiger partial charge in [-0.2, -0.15) is 0 Å². The largest absolute Gasteiger partial charge is 0.508 e. The molecular weight excluding hydrogens is 494 g/mol. The molecule has 39 heavy (non-hydrogen) atoms. The maximum absolute atomic E-state index is 14.4. The third kappa shape index (κ3) is 8.51. The highest BCUT2D eigenvalue weighted by Crippen LogP contribution is 2.37. The van der Waals surface area contributed by atoms with Crippen LogP contribution in [0, 0.1) is 12.3 Å². The molecule has 3 N–H and O–H groups in total. The van der Waals surface area contributed by atoms with Crippen LogP contribution in [0.2, 0.25) is 0 Å². The third-order valence-electron chi connectivity index (χ3n) is 6.00. The molecule has 1 aliphatic rings. The highest BCUT2D eigenvalue weighted by Gasteiger charge is 2.45. The molecule has 0 bridgehead atoms. The molecular formula is C31H39N3O5. The van der Waals surface area contributed by atoms with E-state index in [0.29, 0.717) is 11.1 Å². The molecule has 0 saturated heterocycles. The number of alkyl carbamates (subject to hydrolysis) is 1. The van der Waals surface area contributed by atoms with Crippen molar-refractivity contribution in [3.63, 3.8) is 0 Å².